The van der Waals surface area contributed by atoms with Crippen LogP contribution in [0.2, 0.25) is 0 Å². The number of fused-ring (bicyclic) bond motifs is 7. The summed E-state index contributed by atoms with van der Waals surface area (Å²) in [6.45, 7) is 0. The van der Waals surface area contributed by atoms with E-state index in [0.717, 1.165) is 28.0 Å². The molecule has 11 rings (SSSR count). The maximum absolute atomic E-state index is 5.10. The largest absolute Gasteiger partial charge is 0.295 e. The summed E-state index contributed by atoms with van der Waals surface area (Å²) in [7, 11) is 0. The molecule has 2 heteroatoms. The first-order chi connectivity index (χ1) is 29.3. The molecular weight excluding hydrogens is 713 g/mol. The Balaban J connectivity index is 1.25. The van der Waals surface area contributed by atoms with Crippen LogP contribution in [0.5, 0.6) is 0 Å². The van der Waals surface area contributed by atoms with Crippen molar-refractivity contribution in [1.82, 2.24) is 4.98 Å². The molecule has 1 heterocycles. The molecule has 11 aromatic rings. The first-order valence-corrected chi connectivity index (χ1v) is 20.2. The highest BCUT2D eigenvalue weighted by atomic mass is 15.2. The van der Waals surface area contributed by atoms with Crippen molar-refractivity contribution >= 4 is 60.3 Å². The molecule has 0 bridgehead atoms. The molecule has 10 aromatic carbocycles. The number of benzene rings is 10. The molecule has 276 valence electrons. The molecule has 1 aromatic heterocycles. The molecule has 0 N–H and O–H groups in total. The minimum atomic E-state index is 0.891. The van der Waals surface area contributed by atoms with Crippen LogP contribution in [0, 0.1) is 0 Å². The molecule has 0 saturated carbocycles. The number of hydrogen-bond acceptors (Lipinski definition) is 2. The van der Waals surface area contributed by atoms with Gasteiger partial charge in [0.25, 0.3) is 0 Å². The first-order valence-electron chi connectivity index (χ1n) is 20.2. The predicted octanol–water partition coefficient (Wildman–Crippen LogP) is 15.8. The molecule has 0 spiro atoms. The van der Waals surface area contributed by atoms with E-state index in [9.17, 15) is 0 Å². The summed E-state index contributed by atoms with van der Waals surface area (Å²) in [5.41, 5.74) is 11.7. The lowest BCUT2D eigenvalue weighted by molar-refractivity contribution is 1.20. The highest BCUT2D eigenvalue weighted by molar-refractivity contribution is 6.33. The first kappa shape index (κ1) is 34.4. The highest BCUT2D eigenvalue weighted by Gasteiger charge is 2.23. The van der Waals surface area contributed by atoms with E-state index in [1.807, 2.05) is 6.20 Å². The second-order valence-corrected chi connectivity index (χ2v) is 15.1. The Morgan fingerprint density at radius 2 is 0.814 bits per heavy atom. The Morgan fingerprint density at radius 1 is 0.305 bits per heavy atom. The summed E-state index contributed by atoms with van der Waals surface area (Å²) in [6, 6.07) is 81.1. The van der Waals surface area contributed by atoms with Gasteiger partial charge in [0.05, 0.1) is 0 Å². The van der Waals surface area contributed by atoms with Crippen molar-refractivity contribution in [3.63, 3.8) is 0 Å². The van der Waals surface area contributed by atoms with E-state index in [2.05, 4.69) is 229 Å². The quantitative estimate of drug-likeness (QED) is 0.151. The minimum absolute atomic E-state index is 0.891. The van der Waals surface area contributed by atoms with Gasteiger partial charge in [-0.1, -0.05) is 188 Å². The van der Waals surface area contributed by atoms with Crippen LogP contribution in [0.15, 0.2) is 231 Å². The molecule has 0 amide bonds. The predicted molar refractivity (Wildman–Crippen MR) is 251 cm³/mol. The van der Waals surface area contributed by atoms with Gasteiger partial charge in [-0.3, -0.25) is 4.90 Å². The standard InChI is InChI=1S/C57H38N2/c1-5-17-39(18-6-1)40-29-31-45(32-30-40)59(57-47-26-14-13-23-43(47)35-36-58-57)46-33-34-50-53(37-46)48-27-15-16-28-49(48)55-52(42-21-9-3-10-22-42)38-51(41-19-7-2-8-20-41)54(56(50)55)44-24-11-4-12-25-44/h1-38H. The Hall–Kier alpha value is -7.81. The molecular formula is C57H38N2. The molecule has 0 atom stereocenters. The molecule has 0 aliphatic rings. The number of nitrogens with zero attached hydrogens (tertiary/aromatic N) is 2. The van der Waals surface area contributed by atoms with Crippen molar-refractivity contribution < 1.29 is 0 Å². The number of hydrogen-bond donors (Lipinski definition) is 0. The van der Waals surface area contributed by atoms with Crippen LogP contribution in [-0.4, -0.2) is 4.98 Å². The number of aromatic nitrogens is 1. The lowest BCUT2D eigenvalue weighted by atomic mass is 9.81. The van der Waals surface area contributed by atoms with E-state index < -0.39 is 0 Å². The number of rotatable bonds is 7. The SMILES string of the molecule is c1ccc(-c2ccc(N(c3ccc4c(c3)c3ccccc3c3c(-c5ccccc5)cc(-c5ccccc5)c(-c5ccccc5)c43)c3nccc4ccccc34)cc2)cc1. The lowest BCUT2D eigenvalue weighted by Crippen LogP contribution is -2.12. The fourth-order valence-electron chi connectivity index (χ4n) is 8.98. The summed E-state index contributed by atoms with van der Waals surface area (Å²) in [6.07, 6.45) is 1.93. The summed E-state index contributed by atoms with van der Waals surface area (Å²) >= 11 is 0. The van der Waals surface area contributed by atoms with Gasteiger partial charge in [-0.2, -0.15) is 0 Å². The van der Waals surface area contributed by atoms with Crippen LogP contribution < -0.4 is 4.90 Å². The molecule has 0 saturated heterocycles. The highest BCUT2D eigenvalue weighted by Crippen LogP contribution is 2.50. The summed E-state index contributed by atoms with van der Waals surface area (Å²) in [5, 5.41) is 9.59. The van der Waals surface area contributed by atoms with Crippen molar-refractivity contribution in [3.05, 3.63) is 231 Å². The van der Waals surface area contributed by atoms with Crippen molar-refractivity contribution in [3.8, 4) is 44.5 Å². The third-order valence-corrected chi connectivity index (χ3v) is 11.7. The van der Waals surface area contributed by atoms with Crippen molar-refractivity contribution in [1.29, 1.82) is 0 Å². The van der Waals surface area contributed by atoms with Gasteiger partial charge in [-0.15, -0.1) is 0 Å². The normalized spacial score (nSPS) is 11.4. The molecule has 0 aliphatic carbocycles. The molecule has 2 nitrogen and oxygen atoms in total. The fourth-order valence-corrected chi connectivity index (χ4v) is 8.98. The molecule has 0 radical (unpaired) electrons. The van der Waals surface area contributed by atoms with Gasteiger partial charge in [-0.25, -0.2) is 4.98 Å². The van der Waals surface area contributed by atoms with Gasteiger partial charge in [0.2, 0.25) is 0 Å². The maximum atomic E-state index is 5.10. The van der Waals surface area contributed by atoms with Crippen LogP contribution in [0.1, 0.15) is 0 Å². The van der Waals surface area contributed by atoms with Gasteiger partial charge in [0.1, 0.15) is 5.82 Å². The zero-order valence-corrected chi connectivity index (χ0v) is 32.3. The fraction of sp³-hybridized carbons (Fsp3) is 0. The van der Waals surface area contributed by atoms with E-state index >= 15 is 0 Å². The van der Waals surface area contributed by atoms with E-state index in [4.69, 9.17) is 4.98 Å². The lowest BCUT2D eigenvalue weighted by Gasteiger charge is -2.27. The van der Waals surface area contributed by atoms with Crippen molar-refractivity contribution in [2.75, 3.05) is 4.90 Å². The molecule has 0 aliphatic heterocycles. The van der Waals surface area contributed by atoms with Crippen LogP contribution >= 0.6 is 0 Å². The summed E-state index contributed by atoms with van der Waals surface area (Å²) < 4.78 is 0. The van der Waals surface area contributed by atoms with Crippen molar-refractivity contribution in [2.45, 2.75) is 0 Å². The smallest absolute Gasteiger partial charge is 0.145 e. The van der Waals surface area contributed by atoms with Gasteiger partial charge >= 0.3 is 0 Å². The van der Waals surface area contributed by atoms with E-state index in [-0.39, 0.29) is 0 Å². The van der Waals surface area contributed by atoms with Crippen LogP contribution in [-0.2, 0) is 0 Å². The molecule has 59 heavy (non-hydrogen) atoms. The third-order valence-electron chi connectivity index (χ3n) is 11.7. The zero-order valence-electron chi connectivity index (χ0n) is 32.3. The molecule has 0 fully saturated rings. The number of pyridine rings is 1. The Morgan fingerprint density at radius 3 is 1.49 bits per heavy atom. The van der Waals surface area contributed by atoms with Gasteiger partial charge in [0.15, 0.2) is 0 Å². The van der Waals surface area contributed by atoms with E-state index in [1.165, 1.54) is 76.8 Å². The van der Waals surface area contributed by atoms with Crippen LogP contribution in [0.4, 0.5) is 17.2 Å². The topological polar surface area (TPSA) is 16.1 Å². The van der Waals surface area contributed by atoms with Crippen LogP contribution in [0.3, 0.4) is 0 Å². The molecule has 0 unspecified atom stereocenters. The Kier molecular flexibility index (Phi) is 8.52. The maximum Gasteiger partial charge on any atom is 0.145 e. The summed E-state index contributed by atoms with van der Waals surface area (Å²) in [5.74, 6) is 0.891. The second kappa shape index (κ2) is 14.6. The Labute approximate surface area is 343 Å². The summed E-state index contributed by atoms with van der Waals surface area (Å²) in [4.78, 5) is 7.43. The zero-order chi connectivity index (χ0) is 39.1. The second-order valence-electron chi connectivity index (χ2n) is 15.1. The minimum Gasteiger partial charge on any atom is -0.295 e. The Bertz CT molecular complexity index is 3280. The van der Waals surface area contributed by atoms with Crippen molar-refractivity contribution in [2.24, 2.45) is 0 Å². The van der Waals surface area contributed by atoms with Gasteiger partial charge < -0.3 is 0 Å². The van der Waals surface area contributed by atoms with E-state index in [1.54, 1.807) is 0 Å². The van der Waals surface area contributed by atoms with Crippen LogP contribution in [0.25, 0.3) is 87.6 Å². The average molecular weight is 751 g/mol. The number of anilines is 3. The van der Waals surface area contributed by atoms with Gasteiger partial charge in [0, 0.05) is 23.0 Å². The third kappa shape index (κ3) is 6.02. The van der Waals surface area contributed by atoms with Gasteiger partial charge in [-0.05, 0) is 119 Å². The monoisotopic (exact) mass is 750 g/mol. The van der Waals surface area contributed by atoms with E-state index in [0.29, 0.717) is 0 Å². The average Bonchev–Trinajstić information content (AvgIpc) is 3.32.